The number of piperazine rings is 1. The topological polar surface area (TPSA) is 62.2 Å². The highest BCUT2D eigenvalue weighted by Gasteiger charge is 2.24. The molecule has 3 aromatic heterocycles. The Kier molecular flexibility index (Phi) is 5.44. The molecule has 0 spiro atoms. The summed E-state index contributed by atoms with van der Waals surface area (Å²) < 4.78 is 0. The second-order valence-electron chi connectivity index (χ2n) is 7.73. The SMILES string of the molecule is Cc1nc(CN2CCN(C(=O)c3cc(-c4ccncc4)nc4ccccc34)CC2)cs1. The maximum absolute atomic E-state index is 13.5. The van der Waals surface area contributed by atoms with Crippen molar-refractivity contribution in [3.63, 3.8) is 0 Å². The summed E-state index contributed by atoms with van der Waals surface area (Å²) in [6, 6.07) is 13.6. The van der Waals surface area contributed by atoms with E-state index in [4.69, 9.17) is 4.98 Å². The fourth-order valence-corrected chi connectivity index (χ4v) is 4.62. The molecule has 1 saturated heterocycles. The molecule has 1 aliphatic heterocycles. The molecule has 7 heteroatoms. The second kappa shape index (κ2) is 8.53. The predicted octanol–water partition coefficient (Wildman–Crippen LogP) is 4.02. The Morgan fingerprint density at radius 2 is 1.81 bits per heavy atom. The number of benzene rings is 1. The highest BCUT2D eigenvalue weighted by molar-refractivity contribution is 7.09. The van der Waals surface area contributed by atoms with Gasteiger partial charge in [0.1, 0.15) is 0 Å². The van der Waals surface area contributed by atoms with Gasteiger partial charge in [0.05, 0.1) is 27.5 Å². The zero-order chi connectivity index (χ0) is 21.2. The van der Waals surface area contributed by atoms with Crippen molar-refractivity contribution in [1.29, 1.82) is 0 Å². The second-order valence-corrected chi connectivity index (χ2v) is 8.80. The number of hydrogen-bond acceptors (Lipinski definition) is 6. The molecule has 6 nitrogen and oxygen atoms in total. The van der Waals surface area contributed by atoms with Gasteiger partial charge < -0.3 is 4.90 Å². The van der Waals surface area contributed by atoms with E-state index in [2.05, 4.69) is 20.2 Å². The van der Waals surface area contributed by atoms with Crippen LogP contribution in [0.15, 0.2) is 60.2 Å². The first-order valence-electron chi connectivity index (χ1n) is 10.4. The number of fused-ring (bicyclic) bond motifs is 1. The number of carbonyl (C=O) groups excluding carboxylic acids is 1. The molecule has 1 aromatic carbocycles. The molecule has 1 aliphatic rings. The van der Waals surface area contributed by atoms with Crippen molar-refractivity contribution in [3.8, 4) is 11.3 Å². The van der Waals surface area contributed by atoms with Crippen LogP contribution in [-0.4, -0.2) is 56.8 Å². The quantitative estimate of drug-likeness (QED) is 0.490. The molecule has 156 valence electrons. The predicted molar refractivity (Wildman–Crippen MR) is 123 cm³/mol. The van der Waals surface area contributed by atoms with Crippen LogP contribution in [0, 0.1) is 6.92 Å². The molecule has 4 aromatic rings. The number of para-hydroxylation sites is 1. The fraction of sp³-hybridized carbons (Fsp3) is 0.250. The van der Waals surface area contributed by atoms with Crippen molar-refractivity contribution in [3.05, 3.63) is 76.5 Å². The molecule has 0 unspecified atom stereocenters. The highest BCUT2D eigenvalue weighted by Crippen LogP contribution is 2.26. The third kappa shape index (κ3) is 4.19. The van der Waals surface area contributed by atoms with Gasteiger partial charge in [0.25, 0.3) is 5.91 Å². The number of thiazole rings is 1. The Labute approximate surface area is 185 Å². The van der Waals surface area contributed by atoms with Crippen LogP contribution in [-0.2, 0) is 6.54 Å². The first kappa shape index (κ1) is 19.8. The number of pyridine rings is 2. The minimum atomic E-state index is 0.0676. The maximum atomic E-state index is 13.5. The monoisotopic (exact) mass is 429 g/mol. The third-order valence-corrected chi connectivity index (χ3v) is 6.46. The van der Waals surface area contributed by atoms with E-state index in [0.29, 0.717) is 18.7 Å². The first-order chi connectivity index (χ1) is 15.2. The van der Waals surface area contributed by atoms with E-state index in [1.807, 2.05) is 54.3 Å². The molecule has 0 aliphatic carbocycles. The van der Waals surface area contributed by atoms with Crippen LogP contribution in [0.1, 0.15) is 21.1 Å². The van der Waals surface area contributed by atoms with Gasteiger partial charge in [0, 0.05) is 61.4 Å². The van der Waals surface area contributed by atoms with Crippen LogP contribution in [0.3, 0.4) is 0 Å². The van der Waals surface area contributed by atoms with Gasteiger partial charge in [-0.15, -0.1) is 11.3 Å². The van der Waals surface area contributed by atoms with Crippen LogP contribution >= 0.6 is 11.3 Å². The Morgan fingerprint density at radius 3 is 2.55 bits per heavy atom. The standard InChI is InChI=1S/C24H23N5OS/c1-17-26-19(16-31-17)15-28-10-12-29(13-11-28)24(30)21-14-23(18-6-8-25-9-7-18)27-22-5-3-2-4-20(21)22/h2-9,14,16H,10-13,15H2,1H3. The third-order valence-electron chi connectivity index (χ3n) is 5.63. The van der Waals surface area contributed by atoms with E-state index >= 15 is 0 Å². The van der Waals surface area contributed by atoms with E-state index in [0.717, 1.165) is 52.5 Å². The Bertz CT molecular complexity index is 1220. The van der Waals surface area contributed by atoms with E-state index < -0.39 is 0 Å². The number of aryl methyl sites for hydroxylation is 1. The average Bonchev–Trinajstić information content (AvgIpc) is 3.23. The fourth-order valence-electron chi connectivity index (χ4n) is 4.01. The lowest BCUT2D eigenvalue weighted by Gasteiger charge is -2.34. The zero-order valence-electron chi connectivity index (χ0n) is 17.4. The van der Waals surface area contributed by atoms with E-state index in [-0.39, 0.29) is 5.91 Å². The number of hydrogen-bond donors (Lipinski definition) is 0. The minimum absolute atomic E-state index is 0.0676. The smallest absolute Gasteiger partial charge is 0.254 e. The molecule has 0 saturated carbocycles. The summed E-state index contributed by atoms with van der Waals surface area (Å²) in [5.74, 6) is 0.0676. The van der Waals surface area contributed by atoms with Crippen molar-refractivity contribution in [2.75, 3.05) is 26.2 Å². The molecule has 5 rings (SSSR count). The normalized spacial score (nSPS) is 14.8. The van der Waals surface area contributed by atoms with E-state index in [1.54, 1.807) is 23.7 Å². The molecule has 31 heavy (non-hydrogen) atoms. The van der Waals surface area contributed by atoms with Crippen molar-refractivity contribution in [2.45, 2.75) is 13.5 Å². The molecule has 1 fully saturated rings. The van der Waals surface area contributed by atoms with Gasteiger partial charge in [-0.05, 0) is 31.2 Å². The van der Waals surface area contributed by atoms with E-state index in [9.17, 15) is 4.79 Å². The Morgan fingerprint density at radius 1 is 1.03 bits per heavy atom. The van der Waals surface area contributed by atoms with Crippen LogP contribution < -0.4 is 0 Å². The molecule has 1 amide bonds. The Balaban J connectivity index is 1.38. The molecule has 0 atom stereocenters. The van der Waals surface area contributed by atoms with Gasteiger partial charge in [0.2, 0.25) is 0 Å². The minimum Gasteiger partial charge on any atom is -0.336 e. The lowest BCUT2D eigenvalue weighted by Crippen LogP contribution is -2.48. The van der Waals surface area contributed by atoms with Gasteiger partial charge in [-0.2, -0.15) is 0 Å². The number of rotatable bonds is 4. The summed E-state index contributed by atoms with van der Waals surface area (Å²) in [6.07, 6.45) is 3.49. The lowest BCUT2D eigenvalue weighted by atomic mass is 10.0. The molecule has 0 radical (unpaired) electrons. The van der Waals surface area contributed by atoms with Crippen molar-refractivity contribution < 1.29 is 4.79 Å². The first-order valence-corrected chi connectivity index (χ1v) is 11.3. The molecule has 0 N–H and O–H groups in total. The van der Waals surface area contributed by atoms with Gasteiger partial charge in [-0.3, -0.25) is 14.7 Å². The van der Waals surface area contributed by atoms with Crippen LogP contribution in [0.2, 0.25) is 0 Å². The van der Waals surface area contributed by atoms with Crippen molar-refractivity contribution >= 4 is 28.1 Å². The summed E-state index contributed by atoms with van der Waals surface area (Å²) in [6.45, 7) is 6.00. The van der Waals surface area contributed by atoms with Crippen molar-refractivity contribution in [2.24, 2.45) is 0 Å². The van der Waals surface area contributed by atoms with Crippen LogP contribution in [0.5, 0.6) is 0 Å². The Hall–Kier alpha value is -3.16. The number of aromatic nitrogens is 3. The largest absolute Gasteiger partial charge is 0.336 e. The van der Waals surface area contributed by atoms with Gasteiger partial charge in [-0.25, -0.2) is 9.97 Å². The van der Waals surface area contributed by atoms with Gasteiger partial charge in [-0.1, -0.05) is 18.2 Å². The summed E-state index contributed by atoms with van der Waals surface area (Å²) >= 11 is 1.68. The highest BCUT2D eigenvalue weighted by atomic mass is 32.1. The maximum Gasteiger partial charge on any atom is 0.254 e. The summed E-state index contributed by atoms with van der Waals surface area (Å²) in [5, 5.41) is 4.11. The number of nitrogens with zero attached hydrogens (tertiary/aromatic N) is 5. The summed E-state index contributed by atoms with van der Waals surface area (Å²) in [7, 11) is 0. The summed E-state index contributed by atoms with van der Waals surface area (Å²) in [4.78, 5) is 31.3. The molecule has 0 bridgehead atoms. The van der Waals surface area contributed by atoms with Crippen LogP contribution in [0.4, 0.5) is 0 Å². The van der Waals surface area contributed by atoms with Gasteiger partial charge >= 0.3 is 0 Å². The van der Waals surface area contributed by atoms with Gasteiger partial charge in [0.15, 0.2) is 0 Å². The molecular weight excluding hydrogens is 406 g/mol. The number of carbonyl (C=O) groups is 1. The molecular formula is C24H23N5OS. The lowest BCUT2D eigenvalue weighted by molar-refractivity contribution is 0.0629. The van der Waals surface area contributed by atoms with E-state index in [1.165, 1.54) is 0 Å². The average molecular weight is 430 g/mol. The van der Waals surface area contributed by atoms with Crippen molar-refractivity contribution in [1.82, 2.24) is 24.8 Å². The number of amides is 1. The zero-order valence-corrected chi connectivity index (χ0v) is 18.2. The molecule has 4 heterocycles. The summed E-state index contributed by atoms with van der Waals surface area (Å²) in [5.41, 5.74) is 4.41. The van der Waals surface area contributed by atoms with Crippen LogP contribution in [0.25, 0.3) is 22.2 Å².